The smallest absolute Gasteiger partial charge is 0.206 e. The van der Waals surface area contributed by atoms with E-state index in [1.807, 2.05) is 19.2 Å². The van der Waals surface area contributed by atoms with Crippen LogP contribution in [0.3, 0.4) is 0 Å². The fourth-order valence-electron chi connectivity index (χ4n) is 2.18. The van der Waals surface area contributed by atoms with Crippen LogP contribution < -0.4 is 10.1 Å². The Morgan fingerprint density at radius 3 is 3.22 bits per heavy atom. The second-order valence-corrected chi connectivity index (χ2v) is 4.26. The minimum absolute atomic E-state index is 0.481. The van der Waals surface area contributed by atoms with E-state index in [-0.39, 0.29) is 0 Å². The Morgan fingerprint density at radius 1 is 1.39 bits per heavy atom. The van der Waals surface area contributed by atoms with Gasteiger partial charge < -0.3 is 14.6 Å². The topological polar surface area (TPSA) is 59.7 Å². The molecule has 1 aliphatic rings. The van der Waals surface area contributed by atoms with Crippen LogP contribution >= 0.6 is 0 Å². The van der Waals surface area contributed by atoms with Crippen LogP contribution in [0.25, 0.3) is 11.0 Å². The Labute approximate surface area is 105 Å². The van der Waals surface area contributed by atoms with E-state index >= 15 is 0 Å². The van der Waals surface area contributed by atoms with Crippen LogP contribution in [-0.4, -0.2) is 31.6 Å². The van der Waals surface area contributed by atoms with Crippen molar-refractivity contribution in [2.45, 2.75) is 12.8 Å². The van der Waals surface area contributed by atoms with E-state index in [2.05, 4.69) is 15.5 Å². The maximum absolute atomic E-state index is 5.77. The summed E-state index contributed by atoms with van der Waals surface area (Å²) in [5, 5.41) is 8.00. The van der Waals surface area contributed by atoms with Crippen LogP contribution in [0.5, 0.6) is 5.75 Å². The summed E-state index contributed by atoms with van der Waals surface area (Å²) in [4.78, 5) is 4.24. The predicted molar refractivity (Wildman–Crippen MR) is 69.9 cm³/mol. The van der Waals surface area contributed by atoms with Crippen LogP contribution in [0, 0.1) is 0 Å². The number of aryl methyl sites for hydroxylation is 1. The second kappa shape index (κ2) is 4.78. The molecular weight excluding hydrogens is 230 g/mol. The van der Waals surface area contributed by atoms with Crippen LogP contribution in [0.4, 0.5) is 5.82 Å². The van der Waals surface area contributed by atoms with Gasteiger partial charge in [0, 0.05) is 6.21 Å². The van der Waals surface area contributed by atoms with E-state index in [1.54, 1.807) is 6.21 Å². The number of aromatic nitrogens is 1. The lowest BCUT2D eigenvalue weighted by Crippen LogP contribution is -2.09. The summed E-state index contributed by atoms with van der Waals surface area (Å²) in [7, 11) is 1.96. The maximum atomic E-state index is 5.77. The molecule has 18 heavy (non-hydrogen) atoms. The molecule has 5 nitrogen and oxygen atoms in total. The van der Waals surface area contributed by atoms with Gasteiger partial charge in [-0.05, 0) is 38.1 Å². The van der Waals surface area contributed by atoms with Crippen LogP contribution in [-0.2, 0) is 6.42 Å². The first kappa shape index (κ1) is 11.2. The molecule has 0 bridgehead atoms. The van der Waals surface area contributed by atoms with Gasteiger partial charge >= 0.3 is 0 Å². The number of aliphatic imine (C=N–C) groups is 1. The van der Waals surface area contributed by atoms with Gasteiger partial charge in [0.15, 0.2) is 5.58 Å². The number of nitrogens with one attached hydrogen (secondary N) is 1. The standard InChI is InChI=1S/C13H15N3O2/c1-14-6-2-3-9-4-5-10-11-12(9)17-8-7-15-13(11)16-18-10/h4-5,7,14H,2-3,6,8H2,1H3. The zero-order chi connectivity index (χ0) is 12.4. The van der Waals surface area contributed by atoms with Gasteiger partial charge in [0.2, 0.25) is 5.82 Å². The number of hydrogen-bond acceptors (Lipinski definition) is 5. The van der Waals surface area contributed by atoms with Crippen molar-refractivity contribution in [3.8, 4) is 5.75 Å². The van der Waals surface area contributed by atoms with E-state index in [0.29, 0.717) is 12.4 Å². The fraction of sp³-hybridized carbons (Fsp3) is 0.385. The summed E-state index contributed by atoms with van der Waals surface area (Å²) in [6.45, 7) is 1.47. The Hall–Kier alpha value is -1.88. The van der Waals surface area contributed by atoms with Gasteiger partial charge in [-0.3, -0.25) is 0 Å². The van der Waals surface area contributed by atoms with E-state index in [0.717, 1.165) is 36.1 Å². The first-order valence-electron chi connectivity index (χ1n) is 6.11. The highest BCUT2D eigenvalue weighted by Crippen LogP contribution is 2.38. The van der Waals surface area contributed by atoms with E-state index in [4.69, 9.17) is 9.26 Å². The Balaban J connectivity index is 2.03. The number of benzene rings is 1. The lowest BCUT2D eigenvalue weighted by molar-refractivity contribution is 0.380. The second-order valence-electron chi connectivity index (χ2n) is 4.26. The van der Waals surface area contributed by atoms with Crippen molar-refractivity contribution < 1.29 is 9.26 Å². The molecule has 0 amide bonds. The average molecular weight is 245 g/mol. The fourth-order valence-corrected chi connectivity index (χ4v) is 2.18. The number of ether oxygens (including phenoxy) is 1. The van der Waals surface area contributed by atoms with Gasteiger partial charge in [-0.15, -0.1) is 0 Å². The molecule has 0 spiro atoms. The highest BCUT2D eigenvalue weighted by molar-refractivity contribution is 5.95. The molecule has 2 heterocycles. The van der Waals surface area contributed by atoms with Crippen molar-refractivity contribution in [2.24, 2.45) is 4.99 Å². The maximum Gasteiger partial charge on any atom is 0.206 e. The predicted octanol–water partition coefficient (Wildman–Crippen LogP) is 2.07. The third-order valence-corrected chi connectivity index (χ3v) is 3.04. The van der Waals surface area contributed by atoms with Crippen molar-refractivity contribution in [3.05, 3.63) is 17.7 Å². The third-order valence-electron chi connectivity index (χ3n) is 3.04. The van der Waals surface area contributed by atoms with Gasteiger partial charge in [0.1, 0.15) is 17.7 Å². The Bertz CT molecular complexity index is 589. The van der Waals surface area contributed by atoms with Crippen LogP contribution in [0.1, 0.15) is 12.0 Å². The van der Waals surface area contributed by atoms with E-state index < -0.39 is 0 Å². The quantitative estimate of drug-likeness (QED) is 0.838. The van der Waals surface area contributed by atoms with Gasteiger partial charge in [-0.2, -0.15) is 0 Å². The molecule has 1 aromatic carbocycles. The molecular formula is C13H15N3O2. The van der Waals surface area contributed by atoms with Crippen molar-refractivity contribution in [2.75, 3.05) is 20.2 Å². The molecule has 2 aromatic rings. The lowest BCUT2D eigenvalue weighted by Gasteiger charge is -2.09. The van der Waals surface area contributed by atoms with Crippen molar-refractivity contribution in [3.63, 3.8) is 0 Å². The largest absolute Gasteiger partial charge is 0.487 e. The van der Waals surface area contributed by atoms with Crippen molar-refractivity contribution in [1.82, 2.24) is 10.5 Å². The monoisotopic (exact) mass is 245 g/mol. The minimum Gasteiger partial charge on any atom is -0.487 e. The van der Waals surface area contributed by atoms with E-state index in [1.165, 1.54) is 5.56 Å². The molecule has 94 valence electrons. The van der Waals surface area contributed by atoms with Gasteiger partial charge in [-0.25, -0.2) is 4.99 Å². The molecule has 0 radical (unpaired) electrons. The van der Waals surface area contributed by atoms with Crippen LogP contribution in [0.2, 0.25) is 0 Å². The molecule has 0 aliphatic carbocycles. The first-order chi connectivity index (χ1) is 8.90. The molecule has 0 saturated carbocycles. The normalized spacial score (nSPS) is 13.6. The zero-order valence-corrected chi connectivity index (χ0v) is 10.3. The Morgan fingerprint density at radius 2 is 2.33 bits per heavy atom. The first-order valence-corrected chi connectivity index (χ1v) is 6.11. The van der Waals surface area contributed by atoms with E-state index in [9.17, 15) is 0 Å². The summed E-state index contributed by atoms with van der Waals surface area (Å²) < 4.78 is 11.0. The van der Waals surface area contributed by atoms with Gasteiger partial charge in [0.05, 0.1) is 0 Å². The third kappa shape index (κ3) is 1.86. The van der Waals surface area contributed by atoms with Crippen LogP contribution in [0.15, 0.2) is 21.6 Å². The molecule has 0 unspecified atom stereocenters. The molecule has 0 atom stereocenters. The van der Waals surface area contributed by atoms with Crippen molar-refractivity contribution >= 4 is 23.0 Å². The summed E-state index contributed by atoms with van der Waals surface area (Å²) in [5.74, 6) is 1.49. The average Bonchev–Trinajstić information content (AvgIpc) is 2.67. The zero-order valence-electron chi connectivity index (χ0n) is 10.3. The SMILES string of the molecule is CNCCCc1ccc2onc3c2c1OCC=N3. The summed E-state index contributed by atoms with van der Waals surface area (Å²) in [6, 6.07) is 3.99. The van der Waals surface area contributed by atoms with Crippen molar-refractivity contribution in [1.29, 1.82) is 0 Å². The number of nitrogens with zero attached hydrogens (tertiary/aromatic N) is 2. The van der Waals surface area contributed by atoms with Gasteiger partial charge in [-0.1, -0.05) is 11.2 Å². The molecule has 5 heteroatoms. The summed E-state index contributed by atoms with van der Waals surface area (Å²) in [6.07, 6.45) is 3.76. The highest BCUT2D eigenvalue weighted by atomic mass is 16.5. The summed E-state index contributed by atoms with van der Waals surface area (Å²) in [5.41, 5.74) is 1.92. The Kier molecular flexibility index (Phi) is 2.98. The number of rotatable bonds is 4. The molecule has 1 aromatic heterocycles. The molecule has 3 rings (SSSR count). The molecule has 0 fully saturated rings. The highest BCUT2D eigenvalue weighted by Gasteiger charge is 2.18. The summed E-state index contributed by atoms with van der Waals surface area (Å²) >= 11 is 0. The lowest BCUT2D eigenvalue weighted by atomic mass is 10.1. The minimum atomic E-state index is 0.481. The molecule has 1 aliphatic heterocycles. The number of hydrogen-bond donors (Lipinski definition) is 1. The molecule has 0 saturated heterocycles. The van der Waals surface area contributed by atoms with Gasteiger partial charge in [0.25, 0.3) is 0 Å². The molecule has 1 N–H and O–H groups in total.